The van der Waals surface area contributed by atoms with E-state index in [9.17, 15) is 14.9 Å². The Morgan fingerprint density at radius 3 is 2.46 bits per heavy atom. The molecule has 0 aliphatic carbocycles. The molecule has 0 bridgehead atoms. The Labute approximate surface area is 153 Å². The third kappa shape index (κ3) is 4.35. The van der Waals surface area contributed by atoms with Gasteiger partial charge in [0.2, 0.25) is 0 Å². The van der Waals surface area contributed by atoms with Crippen molar-refractivity contribution in [3.05, 3.63) is 75.8 Å². The molecule has 1 saturated heterocycles. The number of Topliss-reactive ketones (excluding diaryl/α,β-unsaturated/α-hetero) is 1. The van der Waals surface area contributed by atoms with Gasteiger partial charge in [0.1, 0.15) is 0 Å². The Bertz CT molecular complexity index is 768. The lowest BCUT2D eigenvalue weighted by Crippen LogP contribution is -2.40. The van der Waals surface area contributed by atoms with Crippen LogP contribution in [0.25, 0.3) is 0 Å². The van der Waals surface area contributed by atoms with Crippen LogP contribution in [0.4, 0.5) is 5.69 Å². The smallest absolute Gasteiger partial charge is 0.269 e. The number of nitrogens with zero attached hydrogens (tertiary/aromatic N) is 2. The number of nitro groups is 1. The highest BCUT2D eigenvalue weighted by Crippen LogP contribution is 2.30. The summed E-state index contributed by atoms with van der Waals surface area (Å²) in [5, 5.41) is 11.0. The predicted octanol–water partition coefficient (Wildman–Crippen LogP) is 4.18. The standard InChI is InChI=1S/C21H24N2O3/c1-16(24)21(19-8-5-9-20(15-19)23(25)26)22-12-10-18(11-13-22)14-17-6-3-2-4-7-17/h2-9,15,18,21H,10-14H2,1H3. The third-order valence-electron chi connectivity index (χ3n) is 5.16. The van der Waals surface area contributed by atoms with Crippen LogP contribution in [-0.2, 0) is 11.2 Å². The Kier molecular flexibility index (Phi) is 5.78. The van der Waals surface area contributed by atoms with Gasteiger partial charge in [-0.3, -0.25) is 19.8 Å². The quantitative estimate of drug-likeness (QED) is 0.578. The SMILES string of the molecule is CC(=O)C(c1cccc([N+](=O)[O-])c1)N1CCC(Cc2ccccc2)CC1. The van der Waals surface area contributed by atoms with Crippen molar-refractivity contribution < 1.29 is 9.72 Å². The number of hydrogen-bond acceptors (Lipinski definition) is 4. The summed E-state index contributed by atoms with van der Waals surface area (Å²) >= 11 is 0. The minimum Gasteiger partial charge on any atom is -0.298 e. The molecule has 1 fully saturated rings. The molecule has 5 nitrogen and oxygen atoms in total. The number of carbonyl (C=O) groups is 1. The van der Waals surface area contributed by atoms with Gasteiger partial charge in [-0.05, 0) is 56.3 Å². The molecule has 0 saturated carbocycles. The van der Waals surface area contributed by atoms with E-state index in [4.69, 9.17) is 0 Å². The van der Waals surface area contributed by atoms with E-state index in [-0.39, 0.29) is 11.5 Å². The molecule has 26 heavy (non-hydrogen) atoms. The molecule has 0 radical (unpaired) electrons. The average Bonchev–Trinajstić information content (AvgIpc) is 2.64. The van der Waals surface area contributed by atoms with Crippen molar-refractivity contribution in [2.45, 2.75) is 32.2 Å². The molecule has 0 spiro atoms. The van der Waals surface area contributed by atoms with E-state index in [0.717, 1.165) is 32.4 Å². The van der Waals surface area contributed by atoms with Crippen molar-refractivity contribution in [2.75, 3.05) is 13.1 Å². The normalized spacial score (nSPS) is 17.0. The highest BCUT2D eigenvalue weighted by Gasteiger charge is 2.29. The number of likely N-dealkylation sites (tertiary alicyclic amines) is 1. The largest absolute Gasteiger partial charge is 0.298 e. The van der Waals surface area contributed by atoms with Crippen LogP contribution < -0.4 is 0 Å². The van der Waals surface area contributed by atoms with Crippen molar-refractivity contribution in [1.82, 2.24) is 4.90 Å². The molecular weight excluding hydrogens is 328 g/mol. The second-order valence-corrected chi connectivity index (χ2v) is 7.03. The first-order chi connectivity index (χ1) is 12.5. The molecule has 136 valence electrons. The van der Waals surface area contributed by atoms with Gasteiger partial charge < -0.3 is 0 Å². The van der Waals surface area contributed by atoms with E-state index in [1.165, 1.54) is 17.7 Å². The molecule has 1 aliphatic rings. The first kappa shape index (κ1) is 18.3. The first-order valence-corrected chi connectivity index (χ1v) is 9.07. The zero-order valence-electron chi connectivity index (χ0n) is 15.0. The molecular formula is C21H24N2O3. The summed E-state index contributed by atoms with van der Waals surface area (Å²) in [5.74, 6) is 0.651. The summed E-state index contributed by atoms with van der Waals surface area (Å²) in [7, 11) is 0. The summed E-state index contributed by atoms with van der Waals surface area (Å²) in [5.41, 5.74) is 2.11. The van der Waals surface area contributed by atoms with Gasteiger partial charge in [0.05, 0.1) is 11.0 Å². The van der Waals surface area contributed by atoms with Crippen molar-refractivity contribution >= 4 is 11.5 Å². The van der Waals surface area contributed by atoms with Crippen LogP contribution in [0.2, 0.25) is 0 Å². The number of non-ortho nitro benzene ring substituents is 1. The Morgan fingerprint density at radius 2 is 1.85 bits per heavy atom. The molecule has 5 heteroatoms. The van der Waals surface area contributed by atoms with Crippen LogP contribution in [0.3, 0.4) is 0 Å². The summed E-state index contributed by atoms with van der Waals surface area (Å²) < 4.78 is 0. The van der Waals surface area contributed by atoms with E-state index < -0.39 is 11.0 Å². The van der Waals surface area contributed by atoms with Gasteiger partial charge in [0, 0.05) is 12.1 Å². The Hall–Kier alpha value is -2.53. The van der Waals surface area contributed by atoms with Crippen molar-refractivity contribution in [1.29, 1.82) is 0 Å². The second kappa shape index (κ2) is 8.23. The van der Waals surface area contributed by atoms with E-state index in [2.05, 4.69) is 29.2 Å². The molecule has 0 N–H and O–H groups in total. The number of rotatable bonds is 6. The van der Waals surface area contributed by atoms with E-state index in [0.29, 0.717) is 11.5 Å². The number of carbonyl (C=O) groups excluding carboxylic acids is 1. The average molecular weight is 352 g/mol. The van der Waals surface area contributed by atoms with Crippen LogP contribution in [0.15, 0.2) is 54.6 Å². The number of hydrogen-bond donors (Lipinski definition) is 0. The van der Waals surface area contributed by atoms with Crippen LogP contribution in [0.5, 0.6) is 0 Å². The summed E-state index contributed by atoms with van der Waals surface area (Å²) in [6.07, 6.45) is 3.14. The van der Waals surface area contributed by atoms with E-state index >= 15 is 0 Å². The fourth-order valence-electron chi connectivity index (χ4n) is 3.87. The molecule has 2 aromatic rings. The molecule has 2 aromatic carbocycles. The van der Waals surface area contributed by atoms with Crippen LogP contribution in [0.1, 0.15) is 36.9 Å². The maximum absolute atomic E-state index is 12.3. The van der Waals surface area contributed by atoms with Gasteiger partial charge in [-0.25, -0.2) is 0 Å². The predicted molar refractivity (Wildman–Crippen MR) is 101 cm³/mol. The molecule has 0 amide bonds. The van der Waals surface area contributed by atoms with E-state index in [1.54, 1.807) is 13.0 Å². The lowest BCUT2D eigenvalue weighted by Gasteiger charge is -2.36. The summed E-state index contributed by atoms with van der Waals surface area (Å²) in [6.45, 7) is 3.24. The van der Waals surface area contributed by atoms with Crippen LogP contribution in [0, 0.1) is 16.0 Å². The third-order valence-corrected chi connectivity index (χ3v) is 5.16. The Balaban J connectivity index is 1.68. The van der Waals surface area contributed by atoms with Gasteiger partial charge >= 0.3 is 0 Å². The zero-order chi connectivity index (χ0) is 18.5. The number of nitro benzene ring substituents is 1. The van der Waals surface area contributed by atoms with Gasteiger partial charge in [-0.2, -0.15) is 0 Å². The van der Waals surface area contributed by atoms with Gasteiger partial charge in [-0.15, -0.1) is 0 Å². The lowest BCUT2D eigenvalue weighted by molar-refractivity contribution is -0.384. The minimum absolute atomic E-state index is 0.0343. The number of benzene rings is 2. The maximum atomic E-state index is 12.3. The summed E-state index contributed by atoms with van der Waals surface area (Å²) in [4.78, 5) is 25.1. The monoisotopic (exact) mass is 352 g/mol. The Morgan fingerprint density at radius 1 is 1.15 bits per heavy atom. The second-order valence-electron chi connectivity index (χ2n) is 7.03. The fraction of sp³-hybridized carbons (Fsp3) is 0.381. The van der Waals surface area contributed by atoms with Crippen LogP contribution in [-0.4, -0.2) is 28.7 Å². The minimum atomic E-state index is -0.410. The van der Waals surface area contributed by atoms with Gasteiger partial charge in [0.25, 0.3) is 5.69 Å². The highest BCUT2D eigenvalue weighted by molar-refractivity contribution is 5.83. The zero-order valence-corrected chi connectivity index (χ0v) is 15.0. The molecule has 1 aliphatic heterocycles. The van der Waals surface area contributed by atoms with Crippen LogP contribution >= 0.6 is 0 Å². The molecule has 0 aromatic heterocycles. The fourth-order valence-corrected chi connectivity index (χ4v) is 3.87. The lowest BCUT2D eigenvalue weighted by atomic mass is 9.88. The topological polar surface area (TPSA) is 63.4 Å². The van der Waals surface area contributed by atoms with Gasteiger partial charge in [0.15, 0.2) is 5.78 Å². The molecule has 1 atom stereocenters. The first-order valence-electron chi connectivity index (χ1n) is 9.07. The summed E-state index contributed by atoms with van der Waals surface area (Å²) in [6, 6.07) is 16.6. The molecule has 1 heterocycles. The van der Waals surface area contributed by atoms with Gasteiger partial charge in [-0.1, -0.05) is 42.5 Å². The van der Waals surface area contributed by atoms with Crippen molar-refractivity contribution in [3.63, 3.8) is 0 Å². The number of piperidine rings is 1. The van der Waals surface area contributed by atoms with E-state index in [1.807, 2.05) is 12.1 Å². The molecule has 1 unspecified atom stereocenters. The number of ketones is 1. The van der Waals surface area contributed by atoms with Crippen molar-refractivity contribution in [3.8, 4) is 0 Å². The highest BCUT2D eigenvalue weighted by atomic mass is 16.6. The van der Waals surface area contributed by atoms with Crippen molar-refractivity contribution in [2.24, 2.45) is 5.92 Å². The molecule has 3 rings (SSSR count). The maximum Gasteiger partial charge on any atom is 0.269 e.